The molecule has 1 aliphatic rings. The van der Waals surface area contributed by atoms with Gasteiger partial charge in [0, 0.05) is 12.2 Å². The number of imidazole rings is 1. The monoisotopic (exact) mass is 358 g/mol. The number of carbonyl (C=O) groups is 1. The van der Waals surface area contributed by atoms with Gasteiger partial charge >= 0.3 is 5.97 Å². The summed E-state index contributed by atoms with van der Waals surface area (Å²) in [6.07, 6.45) is 2.35. The molecule has 0 bridgehead atoms. The van der Waals surface area contributed by atoms with Gasteiger partial charge in [-0.3, -0.25) is 0 Å². The fourth-order valence-electron chi connectivity index (χ4n) is 2.68. The Morgan fingerprint density at radius 1 is 1.65 bits per heavy atom. The molecule has 1 atom stereocenters. The lowest BCUT2D eigenvalue weighted by atomic mass is 10.2. The van der Waals surface area contributed by atoms with E-state index in [9.17, 15) is 9.90 Å². The molecular weight excluding hydrogens is 344 g/mol. The van der Waals surface area contributed by atoms with Gasteiger partial charge in [-0.1, -0.05) is 15.9 Å². The average molecular weight is 359 g/mol. The van der Waals surface area contributed by atoms with Crippen LogP contribution in [0.5, 0.6) is 0 Å². The minimum Gasteiger partial charge on any atom is -0.477 e. The molecule has 1 unspecified atom stereocenters. The molecule has 3 heterocycles. The summed E-state index contributed by atoms with van der Waals surface area (Å²) in [7, 11) is 0. The van der Waals surface area contributed by atoms with Crippen molar-refractivity contribution in [3.8, 4) is 0 Å². The van der Waals surface area contributed by atoms with Crippen LogP contribution in [0.3, 0.4) is 0 Å². The maximum absolute atomic E-state index is 11.2. The molecule has 1 fully saturated rings. The quantitative estimate of drug-likeness (QED) is 0.852. The Balaban J connectivity index is 2.08. The van der Waals surface area contributed by atoms with E-state index >= 15 is 0 Å². The fourth-order valence-corrected chi connectivity index (χ4v) is 4.15. The Labute approximate surface area is 128 Å². The first-order valence-electron chi connectivity index (χ1n) is 6.51. The zero-order valence-electron chi connectivity index (χ0n) is 11.1. The Morgan fingerprint density at radius 2 is 2.45 bits per heavy atom. The predicted molar refractivity (Wildman–Crippen MR) is 80.9 cm³/mol. The van der Waals surface area contributed by atoms with Gasteiger partial charge < -0.3 is 14.4 Å². The van der Waals surface area contributed by atoms with Crippen LogP contribution in [-0.4, -0.2) is 33.3 Å². The maximum Gasteiger partial charge on any atom is 0.346 e. The van der Waals surface area contributed by atoms with E-state index in [4.69, 9.17) is 4.74 Å². The maximum atomic E-state index is 11.2. The number of halogens is 1. The Hall–Kier alpha value is -0.920. The van der Waals surface area contributed by atoms with Crippen LogP contribution in [0, 0.1) is 6.92 Å². The summed E-state index contributed by atoms with van der Waals surface area (Å²) in [6.45, 7) is 3.41. The summed E-state index contributed by atoms with van der Waals surface area (Å²) in [5.74, 6) is 0.0522. The van der Waals surface area contributed by atoms with Crippen LogP contribution >= 0.6 is 27.3 Å². The Morgan fingerprint density at radius 3 is 3.05 bits per heavy atom. The molecule has 0 saturated carbocycles. The van der Waals surface area contributed by atoms with E-state index in [0.717, 1.165) is 47.7 Å². The number of hydrogen-bond donors (Lipinski definition) is 1. The molecular formula is C13H15BrN2O3S. The summed E-state index contributed by atoms with van der Waals surface area (Å²) in [4.78, 5) is 17.0. The lowest BCUT2D eigenvalue weighted by Gasteiger charge is -2.13. The molecule has 3 rings (SSSR count). The zero-order valence-corrected chi connectivity index (χ0v) is 13.5. The highest BCUT2D eigenvalue weighted by atomic mass is 79.9. The molecule has 0 amide bonds. The molecule has 0 aromatic carbocycles. The number of nitrogens with zero attached hydrogens (tertiary/aromatic N) is 2. The largest absolute Gasteiger partial charge is 0.477 e. The fraction of sp³-hybridized carbons (Fsp3) is 0.538. The third-order valence-electron chi connectivity index (χ3n) is 3.63. The number of ether oxygens (including phenoxy) is 1. The number of alkyl halides is 1. The molecule has 1 N–H and O–H groups in total. The molecule has 2 aromatic heterocycles. The second kappa shape index (κ2) is 5.46. The molecule has 1 aliphatic heterocycles. The molecule has 0 radical (unpaired) electrons. The van der Waals surface area contributed by atoms with Crippen molar-refractivity contribution < 1.29 is 14.6 Å². The van der Waals surface area contributed by atoms with Gasteiger partial charge in [-0.15, -0.1) is 11.3 Å². The second-order valence-corrected chi connectivity index (χ2v) is 6.48. The predicted octanol–water partition coefficient (Wildman–Crippen LogP) is 3.18. The molecule has 0 spiro atoms. The van der Waals surface area contributed by atoms with Gasteiger partial charge in [0.05, 0.1) is 23.5 Å². The van der Waals surface area contributed by atoms with Gasteiger partial charge in [-0.2, -0.15) is 0 Å². The number of rotatable bonds is 4. The molecule has 5 nitrogen and oxygen atoms in total. The number of hydrogen-bond acceptors (Lipinski definition) is 4. The van der Waals surface area contributed by atoms with Gasteiger partial charge in [0.15, 0.2) is 0 Å². The van der Waals surface area contributed by atoms with Crippen molar-refractivity contribution in [2.45, 2.75) is 37.7 Å². The van der Waals surface area contributed by atoms with Gasteiger partial charge in [0.25, 0.3) is 0 Å². The van der Waals surface area contributed by atoms with Crippen LogP contribution in [0.4, 0.5) is 0 Å². The summed E-state index contributed by atoms with van der Waals surface area (Å²) < 4.78 is 7.80. The van der Waals surface area contributed by atoms with Crippen LogP contribution in [0.25, 0.3) is 10.3 Å². The number of thiophene rings is 1. The summed E-state index contributed by atoms with van der Waals surface area (Å²) >= 11 is 4.70. The smallest absolute Gasteiger partial charge is 0.346 e. The Bertz CT molecular complexity index is 658. The van der Waals surface area contributed by atoms with E-state index in [0.29, 0.717) is 10.2 Å². The van der Waals surface area contributed by atoms with Crippen molar-refractivity contribution in [1.82, 2.24) is 9.55 Å². The Kier molecular flexibility index (Phi) is 3.83. The minimum absolute atomic E-state index is 0.206. The van der Waals surface area contributed by atoms with Crippen LogP contribution in [0.1, 0.15) is 33.9 Å². The number of carboxylic acid groups (broad SMARTS) is 1. The lowest BCUT2D eigenvalue weighted by molar-refractivity contribution is 0.0701. The van der Waals surface area contributed by atoms with E-state index in [-0.39, 0.29) is 6.10 Å². The first kappa shape index (κ1) is 14.0. The van der Waals surface area contributed by atoms with Crippen molar-refractivity contribution in [3.63, 3.8) is 0 Å². The zero-order chi connectivity index (χ0) is 14.3. The normalized spacial score (nSPS) is 19.0. The average Bonchev–Trinajstić information content (AvgIpc) is 3.08. The molecule has 20 heavy (non-hydrogen) atoms. The number of aryl methyl sites for hydroxylation is 1. The van der Waals surface area contributed by atoms with Crippen molar-refractivity contribution >= 4 is 43.6 Å². The molecule has 2 aromatic rings. The summed E-state index contributed by atoms with van der Waals surface area (Å²) in [5, 5.41) is 9.88. The van der Waals surface area contributed by atoms with Gasteiger partial charge in [-0.05, 0) is 19.8 Å². The van der Waals surface area contributed by atoms with Crippen molar-refractivity contribution in [1.29, 1.82) is 0 Å². The highest BCUT2D eigenvalue weighted by Crippen LogP contribution is 2.32. The highest BCUT2D eigenvalue weighted by molar-refractivity contribution is 9.08. The summed E-state index contributed by atoms with van der Waals surface area (Å²) in [5.41, 5.74) is 1.74. The van der Waals surface area contributed by atoms with E-state index in [1.54, 1.807) is 0 Å². The topological polar surface area (TPSA) is 64.3 Å². The number of aromatic carboxylic acids is 1. The summed E-state index contributed by atoms with van der Waals surface area (Å²) in [6, 6.07) is 0. The number of fused-ring (bicyclic) bond motifs is 1. The molecule has 0 aliphatic carbocycles. The van der Waals surface area contributed by atoms with Gasteiger partial charge in [0.1, 0.15) is 15.5 Å². The van der Waals surface area contributed by atoms with Crippen LogP contribution < -0.4 is 0 Å². The van der Waals surface area contributed by atoms with E-state index in [1.165, 1.54) is 11.3 Å². The molecule has 7 heteroatoms. The van der Waals surface area contributed by atoms with E-state index in [2.05, 4.69) is 25.5 Å². The van der Waals surface area contributed by atoms with Crippen LogP contribution in [0.2, 0.25) is 0 Å². The number of carboxylic acids is 1. The van der Waals surface area contributed by atoms with E-state index in [1.807, 2.05) is 6.92 Å². The molecule has 1 saturated heterocycles. The van der Waals surface area contributed by atoms with Crippen molar-refractivity contribution in [3.05, 3.63) is 16.3 Å². The number of aromatic nitrogens is 2. The van der Waals surface area contributed by atoms with Crippen LogP contribution in [-0.2, 0) is 16.6 Å². The SMILES string of the molecule is Cc1c(C(=O)O)sc2nc(CBr)n(CC3CCCO3)c12. The second-order valence-electron chi connectivity index (χ2n) is 4.92. The van der Waals surface area contributed by atoms with Crippen LogP contribution in [0.15, 0.2) is 0 Å². The first-order chi connectivity index (χ1) is 9.61. The van der Waals surface area contributed by atoms with Gasteiger partial charge in [0.2, 0.25) is 0 Å². The van der Waals surface area contributed by atoms with Crippen molar-refractivity contribution in [2.75, 3.05) is 6.61 Å². The molecule has 108 valence electrons. The van der Waals surface area contributed by atoms with Crippen molar-refractivity contribution in [2.24, 2.45) is 0 Å². The highest BCUT2D eigenvalue weighted by Gasteiger charge is 2.24. The first-order valence-corrected chi connectivity index (χ1v) is 8.45. The van der Waals surface area contributed by atoms with Gasteiger partial charge in [-0.25, -0.2) is 9.78 Å². The lowest BCUT2D eigenvalue weighted by Crippen LogP contribution is -2.17. The minimum atomic E-state index is -0.880. The van der Waals surface area contributed by atoms with E-state index < -0.39 is 5.97 Å². The third-order valence-corrected chi connectivity index (χ3v) is 5.30. The standard InChI is InChI=1S/C13H15BrN2O3S/c1-7-10-12(20-11(7)13(17)18)15-9(5-14)16(10)6-8-3-2-4-19-8/h8H,2-6H2,1H3,(H,17,18). The third kappa shape index (κ3) is 2.27.